The van der Waals surface area contributed by atoms with Gasteiger partial charge in [0.1, 0.15) is 10.8 Å². The summed E-state index contributed by atoms with van der Waals surface area (Å²) in [6.45, 7) is 9.75. The van der Waals surface area contributed by atoms with Crippen LogP contribution >= 0.6 is 11.8 Å². The summed E-state index contributed by atoms with van der Waals surface area (Å²) in [5, 5.41) is 11.6. The Kier molecular flexibility index (Phi) is 7.53. The summed E-state index contributed by atoms with van der Waals surface area (Å²) < 4.78 is 13.2. The average Bonchev–Trinajstić information content (AvgIpc) is 2.59. The minimum Gasteiger partial charge on any atom is -0.305 e. The maximum absolute atomic E-state index is 13.2. The van der Waals surface area contributed by atoms with E-state index in [-0.39, 0.29) is 5.56 Å². The zero-order valence-electron chi connectivity index (χ0n) is 15.6. The van der Waals surface area contributed by atoms with Crippen LogP contribution in [0.3, 0.4) is 0 Å². The van der Waals surface area contributed by atoms with Crippen molar-refractivity contribution in [2.75, 3.05) is 17.6 Å². The first-order valence-electron chi connectivity index (χ1n) is 8.66. The number of thioether (sulfide) groups is 1. The highest BCUT2D eigenvalue weighted by atomic mass is 32.2. The molecule has 0 radical (unpaired) electrons. The smallest absolute Gasteiger partial charge is 0.256 e. The molecular formula is C19H25FN4OS. The predicted molar refractivity (Wildman–Crippen MR) is 104 cm³/mol. The lowest BCUT2D eigenvalue weighted by Gasteiger charge is -2.30. The standard InChI is InChI=1S/C19H25FN4OS/c1-13(2)24(14(3)4)10-11-26-18-9-8-17(22-23-18)21-19(25)15-6-5-7-16(20)12-15/h5-9,12-14H,10-11H2,1-4H3,(H,21,22,25). The van der Waals surface area contributed by atoms with Crippen molar-refractivity contribution < 1.29 is 9.18 Å². The maximum Gasteiger partial charge on any atom is 0.256 e. The van der Waals surface area contributed by atoms with E-state index in [1.807, 2.05) is 6.07 Å². The number of amides is 1. The highest BCUT2D eigenvalue weighted by molar-refractivity contribution is 7.99. The van der Waals surface area contributed by atoms with Crippen molar-refractivity contribution in [2.45, 2.75) is 44.8 Å². The molecule has 0 bridgehead atoms. The summed E-state index contributed by atoms with van der Waals surface area (Å²) in [6.07, 6.45) is 0. The molecule has 1 heterocycles. The van der Waals surface area contributed by atoms with Crippen molar-refractivity contribution in [3.63, 3.8) is 0 Å². The van der Waals surface area contributed by atoms with Gasteiger partial charge in [0, 0.05) is 29.9 Å². The first-order valence-corrected chi connectivity index (χ1v) is 9.64. The van der Waals surface area contributed by atoms with Crippen LogP contribution < -0.4 is 5.32 Å². The Labute approximate surface area is 158 Å². The van der Waals surface area contributed by atoms with E-state index in [9.17, 15) is 9.18 Å². The van der Waals surface area contributed by atoms with Gasteiger partial charge in [-0.2, -0.15) is 0 Å². The van der Waals surface area contributed by atoms with Crippen LogP contribution in [-0.2, 0) is 0 Å². The van der Waals surface area contributed by atoms with Crippen LogP contribution in [0.2, 0.25) is 0 Å². The van der Waals surface area contributed by atoms with E-state index >= 15 is 0 Å². The Morgan fingerprint density at radius 2 is 1.88 bits per heavy atom. The van der Waals surface area contributed by atoms with Gasteiger partial charge in [0.2, 0.25) is 0 Å². The number of hydrogen-bond donors (Lipinski definition) is 1. The molecule has 0 atom stereocenters. The third-order valence-corrected chi connectivity index (χ3v) is 4.79. The molecule has 0 saturated carbocycles. The number of carbonyl (C=O) groups excluding carboxylic acids is 1. The highest BCUT2D eigenvalue weighted by Gasteiger charge is 2.13. The zero-order chi connectivity index (χ0) is 19.1. The molecule has 1 N–H and O–H groups in total. The number of aromatic nitrogens is 2. The summed E-state index contributed by atoms with van der Waals surface area (Å²) >= 11 is 1.63. The van der Waals surface area contributed by atoms with Crippen molar-refractivity contribution in [3.8, 4) is 0 Å². The van der Waals surface area contributed by atoms with Crippen LogP contribution in [0.4, 0.5) is 10.2 Å². The second-order valence-electron chi connectivity index (χ2n) is 6.50. The van der Waals surface area contributed by atoms with Crippen molar-refractivity contribution in [1.82, 2.24) is 15.1 Å². The molecule has 0 saturated heterocycles. The summed E-state index contributed by atoms with van der Waals surface area (Å²) in [5.74, 6) is 0.394. The Morgan fingerprint density at radius 1 is 1.15 bits per heavy atom. The zero-order valence-corrected chi connectivity index (χ0v) is 16.4. The average molecular weight is 377 g/mol. The molecule has 1 aromatic heterocycles. The van der Waals surface area contributed by atoms with E-state index in [1.54, 1.807) is 23.9 Å². The van der Waals surface area contributed by atoms with Gasteiger partial charge in [-0.3, -0.25) is 9.69 Å². The molecule has 0 aliphatic rings. The van der Waals surface area contributed by atoms with Crippen molar-refractivity contribution in [1.29, 1.82) is 0 Å². The Hall–Kier alpha value is -1.99. The minimum atomic E-state index is -0.452. The SMILES string of the molecule is CC(C)N(CCSc1ccc(NC(=O)c2cccc(F)c2)nn1)C(C)C. The number of benzene rings is 1. The first kappa shape index (κ1) is 20.3. The molecule has 0 aliphatic heterocycles. The Bertz CT molecular complexity index is 714. The van der Waals surface area contributed by atoms with Crippen molar-refractivity contribution in [3.05, 3.63) is 47.8 Å². The van der Waals surface area contributed by atoms with Crippen molar-refractivity contribution >= 4 is 23.5 Å². The molecule has 7 heteroatoms. The maximum atomic E-state index is 13.2. The normalized spacial score (nSPS) is 11.4. The lowest BCUT2D eigenvalue weighted by Crippen LogP contribution is -2.38. The van der Waals surface area contributed by atoms with Gasteiger partial charge in [0.15, 0.2) is 5.82 Å². The number of nitrogens with zero attached hydrogens (tertiary/aromatic N) is 3. The van der Waals surface area contributed by atoms with Gasteiger partial charge in [0.05, 0.1) is 0 Å². The monoisotopic (exact) mass is 376 g/mol. The summed E-state index contributed by atoms with van der Waals surface area (Å²) in [6, 6.07) is 10.1. The highest BCUT2D eigenvalue weighted by Crippen LogP contribution is 2.17. The van der Waals surface area contributed by atoms with Crippen LogP contribution in [0.5, 0.6) is 0 Å². The molecule has 0 spiro atoms. The molecule has 5 nitrogen and oxygen atoms in total. The number of carbonyl (C=O) groups is 1. The van der Waals surface area contributed by atoms with Gasteiger partial charge in [-0.25, -0.2) is 4.39 Å². The van der Waals surface area contributed by atoms with E-state index in [2.05, 4.69) is 48.1 Å². The number of anilines is 1. The summed E-state index contributed by atoms with van der Waals surface area (Å²) in [7, 11) is 0. The van der Waals surface area contributed by atoms with Crippen molar-refractivity contribution in [2.24, 2.45) is 0 Å². The molecule has 0 aliphatic carbocycles. The van der Waals surface area contributed by atoms with Gasteiger partial charge in [-0.15, -0.1) is 22.0 Å². The van der Waals surface area contributed by atoms with Gasteiger partial charge >= 0.3 is 0 Å². The van der Waals surface area contributed by atoms with Crippen LogP contribution in [-0.4, -0.2) is 45.4 Å². The Balaban J connectivity index is 1.87. The molecule has 26 heavy (non-hydrogen) atoms. The molecule has 2 rings (SSSR count). The van der Waals surface area contributed by atoms with E-state index in [0.29, 0.717) is 17.9 Å². The van der Waals surface area contributed by atoms with Crippen LogP contribution in [0.15, 0.2) is 41.4 Å². The fourth-order valence-electron chi connectivity index (χ4n) is 2.65. The number of nitrogens with one attached hydrogen (secondary N) is 1. The van der Waals surface area contributed by atoms with E-state index in [4.69, 9.17) is 0 Å². The molecule has 0 unspecified atom stereocenters. The second kappa shape index (κ2) is 9.64. The topological polar surface area (TPSA) is 58.1 Å². The first-order chi connectivity index (χ1) is 12.4. The molecule has 2 aromatic rings. The van der Waals surface area contributed by atoms with Crippen LogP contribution in [0.25, 0.3) is 0 Å². The Morgan fingerprint density at radius 3 is 2.46 bits per heavy atom. The van der Waals surface area contributed by atoms with Gasteiger partial charge in [-0.05, 0) is 58.0 Å². The number of halogens is 1. The van der Waals surface area contributed by atoms with Gasteiger partial charge in [0.25, 0.3) is 5.91 Å². The van der Waals surface area contributed by atoms with Gasteiger partial charge in [-0.1, -0.05) is 6.07 Å². The van der Waals surface area contributed by atoms with E-state index < -0.39 is 11.7 Å². The summed E-state index contributed by atoms with van der Waals surface area (Å²) in [4.78, 5) is 14.5. The lowest BCUT2D eigenvalue weighted by molar-refractivity contribution is 0.102. The molecule has 1 amide bonds. The molecule has 140 valence electrons. The fraction of sp³-hybridized carbons (Fsp3) is 0.421. The van der Waals surface area contributed by atoms with Crippen LogP contribution in [0, 0.1) is 5.82 Å². The minimum absolute atomic E-state index is 0.243. The third-order valence-electron chi connectivity index (χ3n) is 3.89. The van der Waals surface area contributed by atoms with Gasteiger partial charge < -0.3 is 5.32 Å². The second-order valence-corrected chi connectivity index (χ2v) is 7.61. The lowest BCUT2D eigenvalue weighted by atomic mass is 10.2. The summed E-state index contributed by atoms with van der Waals surface area (Å²) in [5.41, 5.74) is 0.243. The number of hydrogen-bond acceptors (Lipinski definition) is 5. The molecule has 0 fully saturated rings. The quantitative estimate of drug-likeness (QED) is 0.704. The van der Waals surface area contributed by atoms with Crippen LogP contribution in [0.1, 0.15) is 38.1 Å². The van der Waals surface area contributed by atoms with E-state index in [1.165, 1.54) is 18.2 Å². The molecule has 1 aromatic carbocycles. The third kappa shape index (κ3) is 6.07. The number of rotatable bonds is 8. The predicted octanol–water partition coefficient (Wildman–Crippen LogP) is 4.08. The van der Waals surface area contributed by atoms with E-state index in [0.717, 1.165) is 17.3 Å². The fourth-order valence-corrected chi connectivity index (χ4v) is 3.42. The largest absolute Gasteiger partial charge is 0.305 e. The molecular weight excluding hydrogens is 351 g/mol.